The standard InChI is InChI=1S/C22H23ClF3N3O3/c1-3-28(4-2)11-12-29-18-13(19(27)30)9-10-15(22(24,25)26)17(18)21(32,20(29)31)14-7-5-6-8-16(14)23/h5-10,32H,3-4,11-12H2,1-2H3,(H2,27,30). The molecular formula is C22H23ClF3N3O3. The summed E-state index contributed by atoms with van der Waals surface area (Å²) >= 11 is 6.20. The number of fused-ring (bicyclic) bond motifs is 1. The Bertz CT molecular complexity index is 1060. The van der Waals surface area contributed by atoms with Crippen LogP contribution in [-0.2, 0) is 16.6 Å². The van der Waals surface area contributed by atoms with Crippen LogP contribution >= 0.6 is 11.6 Å². The Kier molecular flexibility index (Phi) is 6.55. The first-order valence-electron chi connectivity index (χ1n) is 10.0. The van der Waals surface area contributed by atoms with Crippen molar-refractivity contribution in [2.24, 2.45) is 5.73 Å². The van der Waals surface area contributed by atoms with E-state index >= 15 is 0 Å². The average Bonchev–Trinajstić information content (AvgIpc) is 2.96. The van der Waals surface area contributed by atoms with E-state index in [9.17, 15) is 27.9 Å². The van der Waals surface area contributed by atoms with Crippen LogP contribution in [0, 0.1) is 0 Å². The van der Waals surface area contributed by atoms with Gasteiger partial charge in [-0.25, -0.2) is 0 Å². The van der Waals surface area contributed by atoms with E-state index in [1.54, 1.807) is 0 Å². The van der Waals surface area contributed by atoms with Gasteiger partial charge in [-0.2, -0.15) is 13.2 Å². The number of nitrogens with zero attached hydrogens (tertiary/aromatic N) is 2. The minimum Gasteiger partial charge on any atom is -0.372 e. The molecule has 6 nitrogen and oxygen atoms in total. The summed E-state index contributed by atoms with van der Waals surface area (Å²) in [5.74, 6) is -2.04. The molecule has 1 heterocycles. The Hall–Kier alpha value is -2.62. The molecule has 0 bridgehead atoms. The number of amides is 2. The summed E-state index contributed by atoms with van der Waals surface area (Å²) in [7, 11) is 0. The van der Waals surface area contributed by atoms with Crippen LogP contribution < -0.4 is 10.6 Å². The summed E-state index contributed by atoms with van der Waals surface area (Å²) in [4.78, 5) is 28.6. The van der Waals surface area contributed by atoms with Crippen LogP contribution in [0.5, 0.6) is 0 Å². The van der Waals surface area contributed by atoms with Crippen molar-refractivity contribution in [3.63, 3.8) is 0 Å². The number of likely N-dealkylation sites (N-methyl/N-ethyl adjacent to an activating group) is 1. The molecule has 32 heavy (non-hydrogen) atoms. The molecule has 1 unspecified atom stereocenters. The molecule has 1 atom stereocenters. The predicted octanol–water partition coefficient (Wildman–Crippen LogP) is 3.38. The predicted molar refractivity (Wildman–Crippen MR) is 115 cm³/mol. The highest BCUT2D eigenvalue weighted by molar-refractivity contribution is 6.32. The smallest absolute Gasteiger partial charge is 0.372 e. The first-order chi connectivity index (χ1) is 15.0. The number of halogens is 4. The summed E-state index contributed by atoms with van der Waals surface area (Å²) in [6, 6.07) is 7.22. The normalized spacial score (nSPS) is 18.4. The molecule has 0 aliphatic carbocycles. The highest BCUT2D eigenvalue weighted by Crippen LogP contribution is 2.52. The number of anilines is 1. The molecule has 172 valence electrons. The van der Waals surface area contributed by atoms with Gasteiger partial charge in [0.1, 0.15) is 0 Å². The highest BCUT2D eigenvalue weighted by Gasteiger charge is 2.57. The van der Waals surface area contributed by atoms with Crippen molar-refractivity contribution in [3.8, 4) is 0 Å². The molecule has 0 spiro atoms. The lowest BCUT2D eigenvalue weighted by Crippen LogP contribution is -2.44. The van der Waals surface area contributed by atoms with Gasteiger partial charge in [0.2, 0.25) is 0 Å². The minimum absolute atomic E-state index is 0.0537. The number of hydrogen-bond acceptors (Lipinski definition) is 4. The molecule has 2 aromatic carbocycles. The lowest BCUT2D eigenvalue weighted by Gasteiger charge is -2.27. The SMILES string of the molecule is CCN(CC)CCN1C(=O)C(O)(c2ccccc2Cl)c2c(C(F)(F)F)ccc(C(N)=O)c21. The van der Waals surface area contributed by atoms with E-state index in [4.69, 9.17) is 17.3 Å². The quantitative estimate of drug-likeness (QED) is 0.651. The van der Waals surface area contributed by atoms with Gasteiger partial charge in [-0.3, -0.25) is 9.59 Å². The molecule has 1 aliphatic heterocycles. The number of carbonyl (C=O) groups is 2. The van der Waals surface area contributed by atoms with Crippen molar-refractivity contribution in [2.75, 3.05) is 31.1 Å². The van der Waals surface area contributed by atoms with E-state index in [1.807, 2.05) is 18.7 Å². The van der Waals surface area contributed by atoms with Gasteiger partial charge in [0.25, 0.3) is 11.8 Å². The van der Waals surface area contributed by atoms with Crippen molar-refractivity contribution >= 4 is 29.1 Å². The summed E-state index contributed by atoms with van der Waals surface area (Å²) in [5.41, 5.74) is -0.107. The van der Waals surface area contributed by atoms with Crippen LogP contribution in [0.2, 0.25) is 5.02 Å². The van der Waals surface area contributed by atoms with Gasteiger partial charge in [-0.1, -0.05) is 43.6 Å². The largest absolute Gasteiger partial charge is 0.416 e. The monoisotopic (exact) mass is 469 g/mol. The number of hydrogen-bond donors (Lipinski definition) is 2. The average molecular weight is 470 g/mol. The Balaban J connectivity index is 2.35. The zero-order chi connectivity index (χ0) is 23.8. The molecule has 2 aromatic rings. The molecule has 1 aliphatic rings. The third-order valence-corrected chi connectivity index (χ3v) is 6.06. The molecule has 3 rings (SSSR count). The first kappa shape index (κ1) is 24.0. The molecule has 0 fully saturated rings. The fourth-order valence-electron chi connectivity index (χ4n) is 4.08. The summed E-state index contributed by atoms with van der Waals surface area (Å²) < 4.78 is 42.0. The van der Waals surface area contributed by atoms with Crippen LogP contribution in [0.3, 0.4) is 0 Å². The molecule has 0 aromatic heterocycles. The number of nitrogens with two attached hydrogens (primary N) is 1. The molecule has 2 amide bonds. The van der Waals surface area contributed by atoms with Gasteiger partial charge in [0.05, 0.1) is 16.8 Å². The Labute approximate surface area is 188 Å². The zero-order valence-corrected chi connectivity index (χ0v) is 18.3. The van der Waals surface area contributed by atoms with Gasteiger partial charge >= 0.3 is 6.18 Å². The maximum atomic E-state index is 14.0. The number of benzene rings is 2. The van der Waals surface area contributed by atoms with Gasteiger partial charge in [-0.05, 0) is 31.3 Å². The van der Waals surface area contributed by atoms with Crippen molar-refractivity contribution in [1.29, 1.82) is 0 Å². The van der Waals surface area contributed by atoms with Gasteiger partial charge in [0, 0.05) is 29.2 Å². The molecule has 10 heteroatoms. The molecule has 0 radical (unpaired) electrons. The first-order valence-corrected chi connectivity index (χ1v) is 10.4. The zero-order valence-electron chi connectivity index (χ0n) is 17.5. The third-order valence-electron chi connectivity index (χ3n) is 5.73. The Morgan fingerprint density at radius 1 is 1.19 bits per heavy atom. The second-order valence-corrected chi connectivity index (χ2v) is 7.83. The summed E-state index contributed by atoms with van der Waals surface area (Å²) in [5, 5.41) is 11.5. The molecule has 0 saturated heterocycles. The maximum absolute atomic E-state index is 14.0. The van der Waals surface area contributed by atoms with Gasteiger partial charge in [-0.15, -0.1) is 0 Å². The third kappa shape index (κ3) is 3.85. The fraction of sp³-hybridized carbons (Fsp3) is 0.364. The van der Waals surface area contributed by atoms with Gasteiger partial charge in [0.15, 0.2) is 5.60 Å². The van der Waals surface area contributed by atoms with Crippen molar-refractivity contribution in [2.45, 2.75) is 25.6 Å². The van der Waals surface area contributed by atoms with E-state index in [1.165, 1.54) is 24.3 Å². The molecular weight excluding hydrogens is 447 g/mol. The van der Waals surface area contributed by atoms with E-state index in [2.05, 4.69) is 0 Å². The molecule has 0 saturated carbocycles. The van der Waals surface area contributed by atoms with E-state index in [0.717, 1.165) is 11.0 Å². The van der Waals surface area contributed by atoms with Gasteiger partial charge < -0.3 is 20.6 Å². The van der Waals surface area contributed by atoms with Crippen LogP contribution in [0.1, 0.15) is 40.9 Å². The number of aliphatic hydroxyl groups is 1. The molecule has 3 N–H and O–H groups in total. The summed E-state index contributed by atoms with van der Waals surface area (Å²) in [6.45, 7) is 5.35. The van der Waals surface area contributed by atoms with E-state index in [0.29, 0.717) is 25.7 Å². The highest BCUT2D eigenvalue weighted by atomic mass is 35.5. The second kappa shape index (κ2) is 8.73. The van der Waals surface area contributed by atoms with E-state index < -0.39 is 34.7 Å². The second-order valence-electron chi connectivity index (χ2n) is 7.42. The number of alkyl halides is 3. The number of rotatable bonds is 7. The lowest BCUT2D eigenvalue weighted by molar-refractivity contribution is -0.142. The topological polar surface area (TPSA) is 86.9 Å². The van der Waals surface area contributed by atoms with Crippen molar-refractivity contribution < 1.29 is 27.9 Å². The lowest BCUT2D eigenvalue weighted by atomic mass is 9.83. The number of primary amides is 1. The van der Waals surface area contributed by atoms with Crippen LogP contribution in [0.25, 0.3) is 0 Å². The van der Waals surface area contributed by atoms with Crippen LogP contribution in [0.4, 0.5) is 18.9 Å². The summed E-state index contributed by atoms with van der Waals surface area (Å²) in [6.07, 6.45) is -4.91. The minimum atomic E-state index is -4.91. The maximum Gasteiger partial charge on any atom is 0.416 e. The van der Waals surface area contributed by atoms with Crippen molar-refractivity contribution in [3.05, 3.63) is 63.7 Å². The van der Waals surface area contributed by atoms with E-state index in [-0.39, 0.29) is 28.4 Å². The van der Waals surface area contributed by atoms with Crippen LogP contribution in [0.15, 0.2) is 36.4 Å². The Morgan fingerprint density at radius 3 is 2.34 bits per heavy atom. The van der Waals surface area contributed by atoms with Crippen LogP contribution in [-0.4, -0.2) is 48.0 Å². The fourth-order valence-corrected chi connectivity index (χ4v) is 4.35. The Morgan fingerprint density at radius 2 is 1.81 bits per heavy atom. The van der Waals surface area contributed by atoms with Crippen molar-refractivity contribution in [1.82, 2.24) is 4.90 Å². The number of carbonyl (C=O) groups excluding carboxylic acids is 2.